The quantitative estimate of drug-likeness (QED) is 0.434. The molecule has 0 aliphatic rings. The van der Waals surface area contributed by atoms with Crippen LogP contribution in [0.3, 0.4) is 0 Å². The number of carboxylic acids is 1. The molecule has 13 heteroatoms. The average molecular weight is 493 g/mol. The summed E-state index contributed by atoms with van der Waals surface area (Å²) < 4.78 is 5.04. The number of Topliss-reactive ketones (excluding diaryl/α,β-unsaturated/α-hetero) is 1. The molecule has 11 nitrogen and oxygen atoms in total. The fraction of sp³-hybridized carbons (Fsp3) is 0.250. The molecule has 1 aromatic carbocycles. The summed E-state index contributed by atoms with van der Waals surface area (Å²) in [6.07, 6.45) is 1.68. The van der Waals surface area contributed by atoms with Crippen LogP contribution in [0.15, 0.2) is 42.7 Å². The third kappa shape index (κ3) is 7.22. The molecule has 0 bridgehead atoms. The number of carbonyl (C=O) groups excluding carboxylic acids is 2. The van der Waals surface area contributed by atoms with Gasteiger partial charge in [0.05, 0.1) is 6.42 Å². The van der Waals surface area contributed by atoms with Crippen molar-refractivity contribution >= 4 is 41.0 Å². The number of nitrogens with one attached hydrogen (secondary N) is 1. The lowest BCUT2D eigenvalue weighted by atomic mass is 10.1. The molecule has 2 N–H and O–H groups in total. The molecule has 2 heterocycles. The van der Waals surface area contributed by atoms with Gasteiger partial charge < -0.3 is 15.2 Å². The van der Waals surface area contributed by atoms with Gasteiger partial charge in [-0.05, 0) is 40.6 Å². The zero-order chi connectivity index (χ0) is 23.8. The van der Waals surface area contributed by atoms with E-state index in [1.54, 1.807) is 30.3 Å². The van der Waals surface area contributed by atoms with E-state index in [0.29, 0.717) is 21.2 Å². The summed E-state index contributed by atoms with van der Waals surface area (Å²) in [5.41, 5.74) is 1.29. The third-order valence-corrected chi connectivity index (χ3v) is 5.08. The standard InChI is InChI=1S/C20H18Cl2N6O5/c21-14-2-1-3-15(22)13(14)8-18-25-27-28(26-18)10-17(29)16(9-19(30)31)24-20(32)33-11-12-4-6-23-7-5-12/h1-7,16H,8-11H2,(H,24,32)(H,30,31). The Morgan fingerprint density at radius 3 is 2.48 bits per heavy atom. The molecule has 2 aromatic heterocycles. The number of alkyl carbamates (subject to hydrolysis) is 1. The molecule has 1 unspecified atom stereocenters. The number of aromatic nitrogens is 5. The minimum Gasteiger partial charge on any atom is -0.481 e. The first kappa shape index (κ1) is 24.1. The van der Waals surface area contributed by atoms with Gasteiger partial charge >= 0.3 is 12.1 Å². The van der Waals surface area contributed by atoms with Gasteiger partial charge in [0.1, 0.15) is 19.2 Å². The minimum atomic E-state index is -1.35. The topological polar surface area (TPSA) is 149 Å². The van der Waals surface area contributed by atoms with Gasteiger partial charge in [-0.25, -0.2) is 4.79 Å². The number of carbonyl (C=O) groups is 3. The summed E-state index contributed by atoms with van der Waals surface area (Å²) in [7, 11) is 0. The molecular formula is C20H18Cl2N6O5. The largest absolute Gasteiger partial charge is 0.481 e. The molecule has 3 aromatic rings. The van der Waals surface area contributed by atoms with Crippen LogP contribution < -0.4 is 5.32 Å². The number of tetrazole rings is 1. The Morgan fingerprint density at radius 2 is 1.82 bits per heavy atom. The van der Waals surface area contributed by atoms with Gasteiger partial charge in [0.25, 0.3) is 0 Å². The number of rotatable bonds is 10. The second-order valence-electron chi connectivity index (χ2n) is 6.81. The Labute approximate surface area is 197 Å². The molecule has 0 aliphatic carbocycles. The van der Waals surface area contributed by atoms with Gasteiger partial charge in [0, 0.05) is 28.9 Å². The van der Waals surface area contributed by atoms with E-state index >= 15 is 0 Å². The second kappa shape index (κ2) is 11.3. The average Bonchev–Trinajstić information content (AvgIpc) is 3.22. The predicted molar refractivity (Wildman–Crippen MR) is 116 cm³/mol. The van der Waals surface area contributed by atoms with E-state index < -0.39 is 36.9 Å². The van der Waals surface area contributed by atoms with E-state index in [4.69, 9.17) is 33.0 Å². The first-order chi connectivity index (χ1) is 15.8. The Kier molecular flexibility index (Phi) is 8.28. The van der Waals surface area contributed by atoms with Crippen molar-refractivity contribution in [2.45, 2.75) is 32.0 Å². The maximum absolute atomic E-state index is 12.6. The molecule has 1 amide bonds. The Bertz CT molecular complexity index is 1120. The smallest absolute Gasteiger partial charge is 0.408 e. The zero-order valence-corrected chi connectivity index (χ0v) is 18.5. The fourth-order valence-corrected chi connectivity index (χ4v) is 3.29. The van der Waals surface area contributed by atoms with Crippen LogP contribution >= 0.6 is 23.2 Å². The number of ketones is 1. The van der Waals surface area contributed by atoms with Crippen LogP contribution in [0.5, 0.6) is 0 Å². The molecule has 172 valence electrons. The van der Waals surface area contributed by atoms with Gasteiger partial charge in [-0.15, -0.1) is 10.2 Å². The van der Waals surface area contributed by atoms with Crippen LogP contribution in [0.1, 0.15) is 23.4 Å². The lowest BCUT2D eigenvalue weighted by Gasteiger charge is -2.15. The molecule has 0 aliphatic heterocycles. The van der Waals surface area contributed by atoms with Gasteiger partial charge in [-0.1, -0.05) is 29.3 Å². The highest BCUT2D eigenvalue weighted by atomic mass is 35.5. The number of aliphatic carboxylic acids is 1. The van der Waals surface area contributed by atoms with E-state index in [-0.39, 0.29) is 18.9 Å². The van der Waals surface area contributed by atoms with Gasteiger partial charge in [-0.2, -0.15) is 4.80 Å². The highest BCUT2D eigenvalue weighted by Crippen LogP contribution is 2.25. The maximum atomic E-state index is 12.6. The summed E-state index contributed by atoms with van der Waals surface area (Å²) in [5.74, 6) is -1.65. The Hall–Kier alpha value is -3.57. The first-order valence-corrected chi connectivity index (χ1v) is 10.3. The molecular weight excluding hydrogens is 475 g/mol. The van der Waals surface area contributed by atoms with Crippen LogP contribution in [0.25, 0.3) is 0 Å². The highest BCUT2D eigenvalue weighted by molar-refractivity contribution is 6.36. The molecule has 0 saturated heterocycles. The van der Waals surface area contributed by atoms with Crippen molar-refractivity contribution in [1.82, 2.24) is 30.5 Å². The number of nitrogens with zero attached hydrogens (tertiary/aromatic N) is 5. The summed E-state index contributed by atoms with van der Waals surface area (Å²) in [6, 6.07) is 7.00. The predicted octanol–water partition coefficient (Wildman–Crippen LogP) is 2.30. The number of amides is 1. The number of benzene rings is 1. The van der Waals surface area contributed by atoms with Crippen molar-refractivity contribution < 1.29 is 24.2 Å². The van der Waals surface area contributed by atoms with Gasteiger partial charge in [0.2, 0.25) is 0 Å². The number of carboxylic acid groups (broad SMARTS) is 1. The van der Waals surface area contributed by atoms with Gasteiger partial charge in [-0.3, -0.25) is 14.6 Å². The Morgan fingerprint density at radius 1 is 1.12 bits per heavy atom. The van der Waals surface area contributed by atoms with Crippen molar-refractivity contribution in [3.8, 4) is 0 Å². The van der Waals surface area contributed by atoms with Crippen molar-refractivity contribution in [3.63, 3.8) is 0 Å². The summed E-state index contributed by atoms with van der Waals surface area (Å²) in [6.45, 7) is -0.479. The molecule has 0 fully saturated rings. The van der Waals surface area contributed by atoms with Crippen LogP contribution in [0.4, 0.5) is 4.79 Å². The van der Waals surface area contributed by atoms with Gasteiger partial charge in [0.15, 0.2) is 11.6 Å². The number of pyridine rings is 1. The van der Waals surface area contributed by atoms with Crippen molar-refractivity contribution in [2.24, 2.45) is 0 Å². The normalized spacial score (nSPS) is 11.6. The summed E-state index contributed by atoms with van der Waals surface area (Å²) >= 11 is 12.3. The van der Waals surface area contributed by atoms with E-state index in [0.717, 1.165) is 4.80 Å². The highest BCUT2D eigenvalue weighted by Gasteiger charge is 2.25. The van der Waals surface area contributed by atoms with Crippen LogP contribution in [0.2, 0.25) is 10.0 Å². The Balaban J connectivity index is 1.60. The lowest BCUT2D eigenvalue weighted by molar-refractivity contribution is -0.139. The molecule has 0 saturated carbocycles. The number of hydrogen-bond donors (Lipinski definition) is 2. The monoisotopic (exact) mass is 492 g/mol. The minimum absolute atomic E-state index is 0.0685. The van der Waals surface area contributed by atoms with E-state index in [1.807, 2.05) is 0 Å². The number of hydrogen-bond acceptors (Lipinski definition) is 8. The van der Waals surface area contributed by atoms with Crippen molar-refractivity contribution in [3.05, 3.63) is 69.7 Å². The molecule has 0 radical (unpaired) electrons. The molecule has 3 rings (SSSR count). The third-order valence-electron chi connectivity index (χ3n) is 4.37. The first-order valence-electron chi connectivity index (χ1n) is 9.58. The second-order valence-corrected chi connectivity index (χ2v) is 7.62. The maximum Gasteiger partial charge on any atom is 0.408 e. The van der Waals surface area contributed by atoms with Crippen LogP contribution in [0, 0.1) is 0 Å². The molecule has 1 atom stereocenters. The molecule has 33 heavy (non-hydrogen) atoms. The fourth-order valence-electron chi connectivity index (χ4n) is 2.75. The SMILES string of the molecule is O=C(O)CC(NC(=O)OCc1ccncc1)C(=O)Cn1nnc(Cc2c(Cl)cccc2Cl)n1. The van der Waals surface area contributed by atoms with E-state index in [2.05, 4.69) is 25.7 Å². The summed E-state index contributed by atoms with van der Waals surface area (Å²) in [5, 5.41) is 24.0. The lowest BCUT2D eigenvalue weighted by Crippen LogP contribution is -2.44. The number of halogens is 2. The number of ether oxygens (including phenoxy) is 1. The van der Waals surface area contributed by atoms with E-state index in [9.17, 15) is 14.4 Å². The van der Waals surface area contributed by atoms with E-state index in [1.165, 1.54) is 12.4 Å². The zero-order valence-electron chi connectivity index (χ0n) is 17.0. The van der Waals surface area contributed by atoms with Crippen LogP contribution in [-0.2, 0) is 33.9 Å². The summed E-state index contributed by atoms with van der Waals surface area (Å²) in [4.78, 5) is 40.7. The van der Waals surface area contributed by atoms with Crippen molar-refractivity contribution in [2.75, 3.05) is 0 Å². The van der Waals surface area contributed by atoms with Crippen LogP contribution in [-0.4, -0.2) is 54.2 Å². The van der Waals surface area contributed by atoms with Crippen molar-refractivity contribution in [1.29, 1.82) is 0 Å². The molecule has 0 spiro atoms.